The lowest BCUT2D eigenvalue weighted by molar-refractivity contribution is -0.237. The summed E-state index contributed by atoms with van der Waals surface area (Å²) in [6.45, 7) is 4.62. The van der Waals surface area contributed by atoms with Gasteiger partial charge >= 0.3 is 23.9 Å². The van der Waals surface area contributed by atoms with Crippen molar-refractivity contribution in [3.63, 3.8) is 0 Å². The largest absolute Gasteiger partial charge is 0.463 e. The third-order valence-corrected chi connectivity index (χ3v) is 5.61. The van der Waals surface area contributed by atoms with Crippen LogP contribution in [0.4, 0.5) is 0 Å². The number of esters is 4. The first kappa shape index (κ1) is 25.7. The van der Waals surface area contributed by atoms with Crippen molar-refractivity contribution < 1.29 is 42.9 Å². The van der Waals surface area contributed by atoms with E-state index in [1.165, 1.54) is 39.5 Å². The molecule has 9 nitrogen and oxygen atoms in total. The summed E-state index contributed by atoms with van der Waals surface area (Å²) in [6, 6.07) is 9.79. The molecular weight excluding hydrogens is 440 g/mol. The first-order chi connectivity index (χ1) is 15.2. The van der Waals surface area contributed by atoms with Crippen molar-refractivity contribution in [3.8, 4) is 0 Å². The Balaban J connectivity index is 2.28. The Morgan fingerprint density at radius 2 is 1.38 bits per heavy atom. The highest BCUT2D eigenvalue weighted by atomic mass is 32.2. The van der Waals surface area contributed by atoms with Crippen molar-refractivity contribution in [3.05, 3.63) is 35.9 Å². The Morgan fingerprint density at radius 1 is 0.812 bits per heavy atom. The van der Waals surface area contributed by atoms with Crippen LogP contribution in [0.25, 0.3) is 0 Å². The molecule has 0 aromatic heterocycles. The minimum Gasteiger partial charge on any atom is -0.463 e. The molecule has 0 aliphatic carbocycles. The van der Waals surface area contributed by atoms with Crippen LogP contribution in [0.5, 0.6) is 0 Å². The number of ether oxygens (including phenoxy) is 5. The van der Waals surface area contributed by atoms with Gasteiger partial charge in [0, 0.05) is 27.7 Å². The third kappa shape index (κ3) is 8.16. The quantitative estimate of drug-likeness (QED) is 0.394. The average molecular weight is 469 g/mol. The Kier molecular flexibility index (Phi) is 9.98. The molecule has 10 heteroatoms. The second kappa shape index (κ2) is 12.4. The minimum absolute atomic E-state index is 0.229. The molecule has 1 aliphatic rings. The van der Waals surface area contributed by atoms with Gasteiger partial charge in [0.25, 0.3) is 0 Å². The Morgan fingerprint density at radius 3 is 1.94 bits per heavy atom. The Labute approximate surface area is 191 Å². The van der Waals surface area contributed by atoms with Crippen molar-refractivity contribution in [1.82, 2.24) is 0 Å². The van der Waals surface area contributed by atoms with Crippen LogP contribution in [0.15, 0.2) is 30.3 Å². The van der Waals surface area contributed by atoms with Gasteiger partial charge in [0.15, 0.2) is 18.3 Å². The number of rotatable bonds is 9. The molecule has 1 aliphatic heterocycles. The predicted octanol–water partition coefficient (Wildman–Crippen LogP) is 2.05. The van der Waals surface area contributed by atoms with E-state index < -0.39 is 53.7 Å². The Hall–Kier alpha value is -2.59. The SMILES string of the molecule is CC(=O)OC[C@H]1O[C@@H](SCCc2ccccc2)[C@H](OC(C)=O)[C@@H](OC(C)=O)[C@@H]1OC(C)=O. The van der Waals surface area contributed by atoms with Gasteiger partial charge in [-0.2, -0.15) is 0 Å². The van der Waals surface area contributed by atoms with E-state index in [1.807, 2.05) is 30.3 Å². The molecule has 0 spiro atoms. The topological polar surface area (TPSA) is 114 Å². The molecule has 1 aromatic rings. The van der Waals surface area contributed by atoms with E-state index >= 15 is 0 Å². The molecule has 1 aromatic carbocycles. The van der Waals surface area contributed by atoms with Gasteiger partial charge in [-0.1, -0.05) is 30.3 Å². The van der Waals surface area contributed by atoms with Crippen molar-refractivity contribution >= 4 is 35.6 Å². The molecule has 0 unspecified atom stereocenters. The maximum Gasteiger partial charge on any atom is 0.303 e. The molecule has 0 bridgehead atoms. The van der Waals surface area contributed by atoms with E-state index in [2.05, 4.69) is 0 Å². The second-order valence-corrected chi connectivity index (χ2v) is 8.38. The van der Waals surface area contributed by atoms with Crippen molar-refractivity contribution in [2.45, 2.75) is 64.0 Å². The smallest absolute Gasteiger partial charge is 0.303 e. The number of carbonyl (C=O) groups excluding carboxylic acids is 4. The molecule has 0 amide bonds. The fraction of sp³-hybridized carbons (Fsp3) is 0.545. The molecular formula is C22H28O9S. The number of hydrogen-bond donors (Lipinski definition) is 0. The molecule has 1 fully saturated rings. The second-order valence-electron chi connectivity index (χ2n) is 7.17. The van der Waals surface area contributed by atoms with Crippen molar-refractivity contribution in [2.75, 3.05) is 12.4 Å². The first-order valence-electron chi connectivity index (χ1n) is 10.1. The highest BCUT2D eigenvalue weighted by Crippen LogP contribution is 2.34. The number of hydrogen-bond acceptors (Lipinski definition) is 10. The van der Waals surface area contributed by atoms with E-state index in [-0.39, 0.29) is 6.61 Å². The van der Waals surface area contributed by atoms with Crippen LogP contribution in [-0.4, -0.2) is 66.1 Å². The molecule has 1 heterocycles. The van der Waals surface area contributed by atoms with E-state index in [4.69, 9.17) is 23.7 Å². The highest BCUT2D eigenvalue weighted by Gasteiger charge is 2.52. The van der Waals surface area contributed by atoms with Gasteiger partial charge in [0.1, 0.15) is 18.1 Å². The zero-order valence-corrected chi connectivity index (χ0v) is 19.3. The molecule has 5 atom stereocenters. The molecule has 0 saturated carbocycles. The van der Waals surface area contributed by atoms with Crippen LogP contribution in [0.3, 0.4) is 0 Å². The molecule has 1 saturated heterocycles. The first-order valence-corrected chi connectivity index (χ1v) is 11.2. The molecule has 0 N–H and O–H groups in total. The Bertz CT molecular complexity index is 798. The van der Waals surface area contributed by atoms with E-state index in [0.717, 1.165) is 12.0 Å². The minimum atomic E-state index is -1.14. The lowest BCUT2D eigenvalue weighted by atomic mass is 9.99. The lowest BCUT2D eigenvalue weighted by Crippen LogP contribution is -2.61. The van der Waals surface area contributed by atoms with Crippen LogP contribution in [0, 0.1) is 0 Å². The average Bonchev–Trinajstić information content (AvgIpc) is 2.70. The van der Waals surface area contributed by atoms with Crippen LogP contribution in [-0.2, 0) is 49.3 Å². The predicted molar refractivity (Wildman–Crippen MR) is 115 cm³/mol. The number of aryl methyl sites for hydroxylation is 1. The van der Waals surface area contributed by atoms with Crippen LogP contribution in [0.1, 0.15) is 33.3 Å². The molecule has 2 rings (SSSR count). The fourth-order valence-corrected chi connectivity index (χ4v) is 4.47. The van der Waals surface area contributed by atoms with Gasteiger partial charge in [-0.3, -0.25) is 19.2 Å². The zero-order valence-electron chi connectivity index (χ0n) is 18.5. The number of carbonyl (C=O) groups is 4. The zero-order chi connectivity index (χ0) is 23.7. The molecule has 176 valence electrons. The summed E-state index contributed by atoms with van der Waals surface area (Å²) in [7, 11) is 0. The van der Waals surface area contributed by atoms with Gasteiger partial charge in [0.05, 0.1) is 0 Å². The monoisotopic (exact) mass is 468 g/mol. The summed E-state index contributed by atoms with van der Waals surface area (Å²) < 4.78 is 27.3. The van der Waals surface area contributed by atoms with E-state index in [1.54, 1.807) is 0 Å². The van der Waals surface area contributed by atoms with Crippen molar-refractivity contribution in [1.29, 1.82) is 0 Å². The van der Waals surface area contributed by atoms with Crippen LogP contribution < -0.4 is 0 Å². The lowest BCUT2D eigenvalue weighted by Gasteiger charge is -2.44. The van der Waals surface area contributed by atoms with E-state index in [9.17, 15) is 19.2 Å². The van der Waals surface area contributed by atoms with Crippen LogP contribution in [0.2, 0.25) is 0 Å². The maximum atomic E-state index is 11.8. The summed E-state index contributed by atoms with van der Waals surface area (Å²) in [4.78, 5) is 46.7. The summed E-state index contributed by atoms with van der Waals surface area (Å²) in [6.07, 6.45) is -3.50. The van der Waals surface area contributed by atoms with Gasteiger partial charge in [-0.05, 0) is 17.7 Å². The third-order valence-electron chi connectivity index (χ3n) is 4.46. The summed E-state index contributed by atoms with van der Waals surface area (Å²) in [5.74, 6) is -1.84. The normalized spacial score (nSPS) is 24.8. The summed E-state index contributed by atoms with van der Waals surface area (Å²) in [5.41, 5.74) is 0.366. The highest BCUT2D eigenvalue weighted by molar-refractivity contribution is 7.99. The maximum absolute atomic E-state index is 11.8. The van der Waals surface area contributed by atoms with Gasteiger partial charge in [-0.25, -0.2) is 0 Å². The summed E-state index contributed by atoms with van der Waals surface area (Å²) >= 11 is 1.36. The van der Waals surface area contributed by atoms with Crippen molar-refractivity contribution in [2.24, 2.45) is 0 Å². The number of benzene rings is 1. The molecule has 32 heavy (non-hydrogen) atoms. The standard InChI is InChI=1S/C22H28O9S/c1-13(23)27-12-18-19(28-14(2)24)20(29-15(3)25)21(30-16(4)26)22(31-18)32-11-10-17-8-6-5-7-9-17/h5-9,18-22H,10-12H2,1-4H3/t18-,19-,20+,21-,22+/m1/s1. The summed E-state index contributed by atoms with van der Waals surface area (Å²) in [5, 5.41) is 0. The van der Waals surface area contributed by atoms with Crippen LogP contribution >= 0.6 is 11.8 Å². The van der Waals surface area contributed by atoms with E-state index in [0.29, 0.717) is 5.75 Å². The van der Waals surface area contributed by atoms with Gasteiger partial charge in [0.2, 0.25) is 0 Å². The molecule has 0 radical (unpaired) electrons. The van der Waals surface area contributed by atoms with Gasteiger partial charge in [-0.15, -0.1) is 11.8 Å². The fourth-order valence-electron chi connectivity index (χ4n) is 3.26. The number of thioether (sulfide) groups is 1. The van der Waals surface area contributed by atoms with Gasteiger partial charge < -0.3 is 23.7 Å².